The van der Waals surface area contributed by atoms with E-state index in [9.17, 15) is 0 Å². The number of likely N-dealkylation sites (N-methyl/N-ethyl adjacent to an activating group) is 1. The molecule has 0 unspecified atom stereocenters. The van der Waals surface area contributed by atoms with Gasteiger partial charge in [-0.15, -0.1) is 0 Å². The van der Waals surface area contributed by atoms with Crippen LogP contribution in [0, 0.1) is 0 Å². The zero-order valence-corrected chi connectivity index (χ0v) is 11.3. The van der Waals surface area contributed by atoms with Gasteiger partial charge in [0.2, 0.25) is 0 Å². The summed E-state index contributed by atoms with van der Waals surface area (Å²) in [6.45, 7) is 7.72. The molecule has 1 heterocycles. The summed E-state index contributed by atoms with van der Waals surface area (Å²) >= 11 is 0. The number of hydrogen-bond donors (Lipinski definition) is 2. The highest BCUT2D eigenvalue weighted by Crippen LogP contribution is 2.20. The Bertz CT molecular complexity index is 379. The Kier molecular flexibility index (Phi) is 5.17. The van der Waals surface area contributed by atoms with Gasteiger partial charge in [0, 0.05) is 26.2 Å². The van der Waals surface area contributed by atoms with Gasteiger partial charge in [0.15, 0.2) is 0 Å². The van der Waals surface area contributed by atoms with Crippen LogP contribution < -0.4 is 5.32 Å². The Morgan fingerprint density at radius 2 is 2.22 bits per heavy atom. The Morgan fingerprint density at radius 3 is 3.00 bits per heavy atom. The summed E-state index contributed by atoms with van der Waals surface area (Å²) in [5, 5.41) is 12.1. The second-order valence-electron chi connectivity index (χ2n) is 4.98. The van der Waals surface area contributed by atoms with Crippen molar-refractivity contribution in [1.29, 1.82) is 0 Å². The van der Waals surface area contributed by atoms with Crippen LogP contribution in [-0.4, -0.2) is 36.2 Å². The second kappa shape index (κ2) is 6.88. The van der Waals surface area contributed by atoms with E-state index in [4.69, 9.17) is 5.11 Å². The fourth-order valence-corrected chi connectivity index (χ4v) is 2.48. The molecule has 0 bridgehead atoms. The van der Waals surface area contributed by atoms with Gasteiger partial charge in [-0.25, -0.2) is 0 Å². The molecule has 1 aromatic carbocycles. The van der Waals surface area contributed by atoms with E-state index in [1.54, 1.807) is 0 Å². The highest BCUT2D eigenvalue weighted by Gasteiger charge is 2.14. The van der Waals surface area contributed by atoms with E-state index in [1.807, 2.05) is 0 Å². The van der Waals surface area contributed by atoms with Crippen LogP contribution in [0.15, 0.2) is 18.2 Å². The van der Waals surface area contributed by atoms with Gasteiger partial charge in [0.1, 0.15) is 0 Å². The van der Waals surface area contributed by atoms with E-state index in [0.717, 1.165) is 32.6 Å². The lowest BCUT2D eigenvalue weighted by molar-refractivity contribution is 0.268. The average Bonchev–Trinajstić information content (AvgIpc) is 2.43. The third-order valence-electron chi connectivity index (χ3n) is 3.65. The van der Waals surface area contributed by atoms with Crippen LogP contribution in [0.3, 0.4) is 0 Å². The third kappa shape index (κ3) is 3.55. The zero-order chi connectivity index (χ0) is 12.8. The lowest BCUT2D eigenvalue weighted by Gasteiger charge is -2.27. The lowest BCUT2D eigenvalue weighted by Crippen LogP contribution is -2.30. The van der Waals surface area contributed by atoms with Crippen molar-refractivity contribution in [2.75, 3.05) is 26.2 Å². The van der Waals surface area contributed by atoms with Crippen molar-refractivity contribution in [2.24, 2.45) is 0 Å². The molecule has 0 saturated heterocycles. The van der Waals surface area contributed by atoms with E-state index < -0.39 is 0 Å². The minimum Gasteiger partial charge on any atom is -0.396 e. The van der Waals surface area contributed by atoms with E-state index in [0.29, 0.717) is 0 Å². The van der Waals surface area contributed by atoms with Crippen molar-refractivity contribution in [3.63, 3.8) is 0 Å². The normalized spacial score (nSPS) is 15.7. The Labute approximate surface area is 110 Å². The Morgan fingerprint density at radius 1 is 1.33 bits per heavy atom. The van der Waals surface area contributed by atoms with E-state index in [2.05, 4.69) is 35.3 Å². The lowest BCUT2D eigenvalue weighted by atomic mass is 9.97. The van der Waals surface area contributed by atoms with Crippen molar-refractivity contribution < 1.29 is 5.11 Å². The topological polar surface area (TPSA) is 35.5 Å². The maximum absolute atomic E-state index is 8.73. The highest BCUT2D eigenvalue weighted by molar-refractivity contribution is 5.33. The monoisotopic (exact) mass is 248 g/mol. The molecule has 0 atom stereocenters. The molecule has 0 fully saturated rings. The van der Waals surface area contributed by atoms with Gasteiger partial charge in [-0.3, -0.25) is 4.90 Å². The van der Waals surface area contributed by atoms with Crippen LogP contribution in [0.5, 0.6) is 0 Å². The van der Waals surface area contributed by atoms with E-state index in [-0.39, 0.29) is 6.61 Å². The molecule has 3 nitrogen and oxygen atoms in total. The fourth-order valence-electron chi connectivity index (χ4n) is 2.48. The van der Waals surface area contributed by atoms with Gasteiger partial charge in [0.25, 0.3) is 0 Å². The number of benzene rings is 1. The molecule has 0 radical (unpaired) electrons. The molecule has 100 valence electrons. The SMILES string of the molecule is CCN1CCc2cc(CNCCCO)ccc2C1. The van der Waals surface area contributed by atoms with Gasteiger partial charge >= 0.3 is 0 Å². The minimum absolute atomic E-state index is 0.268. The molecule has 18 heavy (non-hydrogen) atoms. The molecule has 2 N–H and O–H groups in total. The van der Waals surface area contributed by atoms with E-state index in [1.165, 1.54) is 29.7 Å². The molecule has 0 aromatic heterocycles. The summed E-state index contributed by atoms with van der Waals surface area (Å²) in [7, 11) is 0. The summed E-state index contributed by atoms with van der Waals surface area (Å²) in [6.07, 6.45) is 2.00. The molecule has 0 aliphatic carbocycles. The first kappa shape index (κ1) is 13.5. The molecule has 0 spiro atoms. The Hall–Kier alpha value is -0.900. The number of fused-ring (bicyclic) bond motifs is 1. The molecular formula is C15H24N2O. The first-order chi connectivity index (χ1) is 8.83. The van der Waals surface area contributed by atoms with Gasteiger partial charge < -0.3 is 10.4 Å². The highest BCUT2D eigenvalue weighted by atomic mass is 16.3. The van der Waals surface area contributed by atoms with Crippen molar-refractivity contribution in [2.45, 2.75) is 32.9 Å². The van der Waals surface area contributed by atoms with Crippen LogP contribution in [0.4, 0.5) is 0 Å². The second-order valence-corrected chi connectivity index (χ2v) is 4.98. The number of nitrogens with one attached hydrogen (secondary N) is 1. The van der Waals surface area contributed by atoms with Crippen LogP contribution in [-0.2, 0) is 19.5 Å². The number of nitrogens with zero attached hydrogens (tertiary/aromatic N) is 1. The predicted octanol–water partition coefficient (Wildman–Crippen LogP) is 1.54. The maximum Gasteiger partial charge on any atom is 0.0443 e. The first-order valence-electron chi connectivity index (χ1n) is 6.98. The summed E-state index contributed by atoms with van der Waals surface area (Å²) < 4.78 is 0. The van der Waals surface area contributed by atoms with Crippen LogP contribution in [0.2, 0.25) is 0 Å². The predicted molar refractivity (Wildman–Crippen MR) is 74.5 cm³/mol. The van der Waals surface area contributed by atoms with Crippen molar-refractivity contribution in [3.8, 4) is 0 Å². The Balaban J connectivity index is 1.92. The summed E-state index contributed by atoms with van der Waals surface area (Å²) in [5.74, 6) is 0. The quantitative estimate of drug-likeness (QED) is 0.750. The van der Waals surface area contributed by atoms with Crippen LogP contribution in [0.1, 0.15) is 30.0 Å². The van der Waals surface area contributed by atoms with Crippen molar-refractivity contribution >= 4 is 0 Å². The first-order valence-corrected chi connectivity index (χ1v) is 6.98. The maximum atomic E-state index is 8.73. The minimum atomic E-state index is 0.268. The van der Waals surface area contributed by atoms with Gasteiger partial charge in [-0.05, 0) is 42.6 Å². The number of hydrogen-bond acceptors (Lipinski definition) is 3. The number of aliphatic hydroxyl groups excluding tert-OH is 1. The van der Waals surface area contributed by atoms with Crippen molar-refractivity contribution in [3.05, 3.63) is 34.9 Å². The molecule has 3 heteroatoms. The smallest absolute Gasteiger partial charge is 0.0443 e. The summed E-state index contributed by atoms with van der Waals surface area (Å²) in [6, 6.07) is 6.85. The summed E-state index contributed by atoms with van der Waals surface area (Å²) in [5.41, 5.74) is 4.36. The number of aliphatic hydroxyl groups is 1. The summed E-state index contributed by atoms with van der Waals surface area (Å²) in [4.78, 5) is 2.49. The number of rotatable bonds is 6. The molecule has 0 amide bonds. The van der Waals surface area contributed by atoms with Gasteiger partial charge in [0.05, 0.1) is 0 Å². The molecule has 1 aliphatic heterocycles. The van der Waals surface area contributed by atoms with Crippen LogP contribution in [0.25, 0.3) is 0 Å². The van der Waals surface area contributed by atoms with Gasteiger partial charge in [-0.2, -0.15) is 0 Å². The van der Waals surface area contributed by atoms with Crippen molar-refractivity contribution in [1.82, 2.24) is 10.2 Å². The van der Waals surface area contributed by atoms with Gasteiger partial charge in [-0.1, -0.05) is 25.1 Å². The molecule has 2 rings (SSSR count). The molecule has 1 aliphatic rings. The fraction of sp³-hybridized carbons (Fsp3) is 0.600. The molecular weight excluding hydrogens is 224 g/mol. The molecule has 1 aromatic rings. The molecule has 0 saturated carbocycles. The zero-order valence-electron chi connectivity index (χ0n) is 11.3. The largest absolute Gasteiger partial charge is 0.396 e. The standard InChI is InChI=1S/C15H24N2O/c1-2-17-8-6-14-10-13(4-5-15(14)12-17)11-16-7-3-9-18/h4-5,10,16,18H,2-3,6-9,11-12H2,1H3. The van der Waals surface area contributed by atoms with E-state index >= 15 is 0 Å². The third-order valence-corrected chi connectivity index (χ3v) is 3.65. The van der Waals surface area contributed by atoms with Crippen LogP contribution >= 0.6 is 0 Å². The average molecular weight is 248 g/mol.